The van der Waals surface area contributed by atoms with Crippen LogP contribution in [0.3, 0.4) is 0 Å². The van der Waals surface area contributed by atoms with Gasteiger partial charge in [0.05, 0.1) is 11.2 Å². The van der Waals surface area contributed by atoms with Crippen LogP contribution in [-0.4, -0.2) is 58.5 Å². The van der Waals surface area contributed by atoms with Crippen LogP contribution in [0.1, 0.15) is 0 Å². The average Bonchev–Trinajstić information content (AvgIpc) is 2.85. The van der Waals surface area contributed by atoms with Crippen molar-refractivity contribution in [3.8, 4) is 0 Å². The van der Waals surface area contributed by atoms with Crippen molar-refractivity contribution in [3.63, 3.8) is 0 Å². The molecule has 2 atom stereocenters. The van der Waals surface area contributed by atoms with Crippen molar-refractivity contribution in [1.82, 2.24) is 0 Å². The van der Waals surface area contributed by atoms with Gasteiger partial charge in [-0.3, -0.25) is 4.18 Å². The molecule has 106 valence electrons. The first kappa shape index (κ1) is 12.5. The van der Waals surface area contributed by atoms with E-state index in [4.69, 9.17) is 18.4 Å². The molecule has 19 heavy (non-hydrogen) atoms. The zero-order valence-electron chi connectivity index (χ0n) is 9.57. The Bertz CT molecular complexity index is 514. The molecule has 3 aliphatic rings. The largest absolute Gasteiger partial charge is 0.508 e. The molecule has 0 aliphatic carbocycles. The molecule has 3 saturated heterocycles. The van der Waals surface area contributed by atoms with Gasteiger partial charge in [0.1, 0.15) is 25.9 Å². The highest BCUT2D eigenvalue weighted by molar-refractivity contribution is 7.87. The highest BCUT2D eigenvalue weighted by Crippen LogP contribution is 2.41. The van der Waals surface area contributed by atoms with E-state index in [2.05, 4.69) is 4.74 Å². The molecule has 0 amide bonds. The van der Waals surface area contributed by atoms with Gasteiger partial charge in [-0.25, -0.2) is 9.59 Å². The summed E-state index contributed by atoms with van der Waals surface area (Å²) >= 11 is 0. The maximum Gasteiger partial charge on any atom is 0.508 e. The fourth-order valence-electron chi connectivity index (χ4n) is 2.41. The summed E-state index contributed by atoms with van der Waals surface area (Å²) in [7, 11) is -3.79. The summed E-state index contributed by atoms with van der Waals surface area (Å²) in [6.45, 7) is -0.470. The van der Waals surface area contributed by atoms with E-state index in [-0.39, 0.29) is 25.6 Å². The maximum absolute atomic E-state index is 11.6. The lowest BCUT2D eigenvalue weighted by Gasteiger charge is -2.35. The van der Waals surface area contributed by atoms with E-state index in [0.717, 1.165) is 0 Å². The van der Waals surface area contributed by atoms with Crippen LogP contribution in [0.25, 0.3) is 0 Å². The van der Waals surface area contributed by atoms with E-state index in [1.165, 1.54) is 0 Å². The molecule has 1 spiro atoms. The van der Waals surface area contributed by atoms with Crippen LogP contribution in [0.5, 0.6) is 0 Å². The molecule has 0 aromatic carbocycles. The molecular formula is C9H10O9S. The second-order valence-electron chi connectivity index (χ2n) is 4.63. The van der Waals surface area contributed by atoms with Crippen LogP contribution in [0.4, 0.5) is 9.59 Å². The number of ether oxygens (including phenoxy) is 4. The standard InChI is InChI=1S/C9H10O9S/c10-7-15-2-9(3-16-7)4-19(12,13)18-6(9)5-1-14-8(11)17-5/h5-6H,1-4H2. The Morgan fingerprint density at radius 3 is 2.32 bits per heavy atom. The third-order valence-corrected chi connectivity index (χ3v) is 4.65. The fraction of sp³-hybridized carbons (Fsp3) is 0.778. The van der Waals surface area contributed by atoms with Crippen molar-refractivity contribution in [2.75, 3.05) is 25.6 Å². The molecule has 3 rings (SSSR count). The fourth-order valence-corrected chi connectivity index (χ4v) is 4.16. The third-order valence-electron chi connectivity index (χ3n) is 3.22. The minimum Gasteiger partial charge on any atom is -0.433 e. The summed E-state index contributed by atoms with van der Waals surface area (Å²) in [4.78, 5) is 21.8. The molecule has 2 unspecified atom stereocenters. The molecule has 0 aromatic heterocycles. The highest BCUT2D eigenvalue weighted by atomic mass is 32.2. The number of rotatable bonds is 1. The van der Waals surface area contributed by atoms with E-state index >= 15 is 0 Å². The number of cyclic esters (lactones) is 4. The molecular weight excluding hydrogens is 284 g/mol. The average molecular weight is 294 g/mol. The zero-order valence-corrected chi connectivity index (χ0v) is 10.4. The summed E-state index contributed by atoms with van der Waals surface area (Å²) in [6, 6.07) is 0. The van der Waals surface area contributed by atoms with Crippen LogP contribution in [-0.2, 0) is 33.2 Å². The van der Waals surface area contributed by atoms with Gasteiger partial charge < -0.3 is 18.9 Å². The summed E-state index contributed by atoms with van der Waals surface area (Å²) in [5, 5.41) is 0. The first-order valence-electron chi connectivity index (χ1n) is 5.44. The second kappa shape index (κ2) is 3.97. The summed E-state index contributed by atoms with van der Waals surface area (Å²) in [5.74, 6) is -0.369. The molecule has 0 bridgehead atoms. The maximum atomic E-state index is 11.6. The minimum atomic E-state index is -3.79. The van der Waals surface area contributed by atoms with Gasteiger partial charge >= 0.3 is 12.3 Å². The van der Waals surface area contributed by atoms with Gasteiger partial charge in [0, 0.05) is 0 Å². The second-order valence-corrected chi connectivity index (χ2v) is 6.22. The van der Waals surface area contributed by atoms with Crippen LogP contribution >= 0.6 is 0 Å². The van der Waals surface area contributed by atoms with Gasteiger partial charge in [-0.15, -0.1) is 0 Å². The topological polar surface area (TPSA) is 114 Å². The Kier molecular flexibility index (Phi) is 2.61. The SMILES string of the molecule is O=C1OCC2(CO1)CS(=O)(=O)OC2C1COC(=O)O1. The molecule has 3 heterocycles. The summed E-state index contributed by atoms with van der Waals surface area (Å²) < 4.78 is 47.2. The number of carbonyl (C=O) groups is 2. The van der Waals surface area contributed by atoms with E-state index in [1.54, 1.807) is 0 Å². The predicted molar refractivity (Wildman–Crippen MR) is 54.6 cm³/mol. The van der Waals surface area contributed by atoms with Crippen molar-refractivity contribution < 1.29 is 41.1 Å². The van der Waals surface area contributed by atoms with Crippen molar-refractivity contribution in [1.29, 1.82) is 0 Å². The molecule has 0 radical (unpaired) electrons. The summed E-state index contributed by atoms with van der Waals surface area (Å²) in [6.07, 6.45) is -3.61. The third kappa shape index (κ3) is 2.10. The molecule has 9 nitrogen and oxygen atoms in total. The molecule has 3 fully saturated rings. The summed E-state index contributed by atoms with van der Waals surface area (Å²) in [5.41, 5.74) is -1.08. The quantitative estimate of drug-likeness (QED) is 0.462. The molecule has 10 heteroatoms. The Labute approximate surface area is 107 Å². The predicted octanol–water partition coefficient (Wildman–Crippen LogP) is -0.596. The van der Waals surface area contributed by atoms with Crippen molar-refractivity contribution in [2.45, 2.75) is 12.2 Å². The normalized spacial score (nSPS) is 35.4. The zero-order chi connectivity index (χ0) is 13.7. The van der Waals surface area contributed by atoms with Crippen LogP contribution in [0.2, 0.25) is 0 Å². The lowest BCUT2D eigenvalue weighted by atomic mass is 9.82. The van der Waals surface area contributed by atoms with E-state index in [1.807, 2.05) is 0 Å². The van der Waals surface area contributed by atoms with E-state index < -0.39 is 40.1 Å². The van der Waals surface area contributed by atoms with Crippen molar-refractivity contribution >= 4 is 22.4 Å². The van der Waals surface area contributed by atoms with Gasteiger partial charge in [0.2, 0.25) is 0 Å². The number of hydrogen-bond acceptors (Lipinski definition) is 9. The van der Waals surface area contributed by atoms with Crippen molar-refractivity contribution in [3.05, 3.63) is 0 Å². The van der Waals surface area contributed by atoms with Crippen LogP contribution in [0, 0.1) is 5.41 Å². The molecule has 0 saturated carbocycles. The molecule has 0 aromatic rings. The molecule has 3 aliphatic heterocycles. The highest BCUT2D eigenvalue weighted by Gasteiger charge is 2.60. The first-order valence-corrected chi connectivity index (χ1v) is 7.02. The Balaban J connectivity index is 1.87. The smallest absolute Gasteiger partial charge is 0.433 e. The number of carbonyl (C=O) groups excluding carboxylic acids is 2. The monoisotopic (exact) mass is 294 g/mol. The van der Waals surface area contributed by atoms with Crippen LogP contribution in [0.15, 0.2) is 0 Å². The van der Waals surface area contributed by atoms with E-state index in [9.17, 15) is 18.0 Å². The van der Waals surface area contributed by atoms with E-state index in [0.29, 0.717) is 0 Å². The van der Waals surface area contributed by atoms with Gasteiger partial charge in [0.15, 0.2) is 6.10 Å². The Hall–Kier alpha value is -1.55. The van der Waals surface area contributed by atoms with Gasteiger partial charge in [-0.2, -0.15) is 8.42 Å². The minimum absolute atomic E-state index is 0.116. The van der Waals surface area contributed by atoms with Gasteiger partial charge in [0.25, 0.3) is 10.1 Å². The Morgan fingerprint density at radius 1 is 1.05 bits per heavy atom. The van der Waals surface area contributed by atoms with Crippen molar-refractivity contribution in [2.24, 2.45) is 5.41 Å². The lowest BCUT2D eigenvalue weighted by Crippen LogP contribution is -2.52. The number of hydrogen-bond donors (Lipinski definition) is 0. The molecule has 0 N–H and O–H groups in total. The first-order chi connectivity index (χ1) is 8.90. The Morgan fingerprint density at radius 2 is 1.74 bits per heavy atom. The van der Waals surface area contributed by atoms with Gasteiger partial charge in [-0.1, -0.05) is 0 Å². The van der Waals surface area contributed by atoms with Crippen LogP contribution < -0.4 is 0 Å². The van der Waals surface area contributed by atoms with Gasteiger partial charge in [-0.05, 0) is 0 Å². The lowest BCUT2D eigenvalue weighted by molar-refractivity contribution is -0.104.